The summed E-state index contributed by atoms with van der Waals surface area (Å²) >= 11 is 0. The third-order valence-electron chi connectivity index (χ3n) is 3.90. The van der Waals surface area contributed by atoms with E-state index in [1.165, 1.54) is 4.31 Å². The number of sulfonamides is 1. The highest BCUT2D eigenvalue weighted by Gasteiger charge is 2.28. The lowest BCUT2D eigenvalue weighted by atomic mass is 10.1. The lowest BCUT2D eigenvalue weighted by Crippen LogP contribution is -2.25. The minimum absolute atomic E-state index is 0.176. The number of amides is 1. The van der Waals surface area contributed by atoms with Crippen molar-refractivity contribution in [2.45, 2.75) is 13.3 Å². The molecule has 1 N–H and O–H groups in total. The fourth-order valence-corrected chi connectivity index (χ4v) is 4.23. The van der Waals surface area contributed by atoms with Crippen LogP contribution in [0, 0.1) is 6.92 Å². The Morgan fingerprint density at radius 1 is 1.09 bits per heavy atom. The van der Waals surface area contributed by atoms with E-state index in [0.717, 1.165) is 5.56 Å². The number of nitrogens with one attached hydrogen (secondary N) is 1. The van der Waals surface area contributed by atoms with Crippen molar-refractivity contribution in [1.82, 2.24) is 0 Å². The van der Waals surface area contributed by atoms with Crippen LogP contribution in [0.5, 0.6) is 0 Å². The predicted molar refractivity (Wildman–Crippen MR) is 91.3 cm³/mol. The summed E-state index contributed by atoms with van der Waals surface area (Å²) in [5.41, 5.74) is 2.80. The third kappa shape index (κ3) is 3.22. The molecule has 0 spiro atoms. The molecule has 5 nitrogen and oxygen atoms in total. The van der Waals surface area contributed by atoms with Crippen LogP contribution in [0.1, 0.15) is 22.3 Å². The second-order valence-electron chi connectivity index (χ2n) is 5.56. The third-order valence-corrected chi connectivity index (χ3v) is 5.77. The first-order valence-corrected chi connectivity index (χ1v) is 9.06. The molecular formula is C17H18N2O3S. The zero-order valence-electron chi connectivity index (χ0n) is 12.8. The van der Waals surface area contributed by atoms with Crippen LogP contribution in [0.15, 0.2) is 48.5 Å². The van der Waals surface area contributed by atoms with E-state index in [1.807, 2.05) is 25.1 Å². The average Bonchev–Trinajstić information content (AvgIpc) is 2.88. The Morgan fingerprint density at radius 3 is 2.39 bits per heavy atom. The molecule has 0 aliphatic carbocycles. The molecule has 120 valence electrons. The van der Waals surface area contributed by atoms with Gasteiger partial charge in [0.2, 0.25) is 10.0 Å². The summed E-state index contributed by atoms with van der Waals surface area (Å²) < 4.78 is 25.2. The SMILES string of the molecule is Cc1ccccc1C(=O)Nc1ccc(N2CCCS2(=O)=O)cc1. The first-order chi connectivity index (χ1) is 11.0. The van der Waals surface area contributed by atoms with E-state index in [1.54, 1.807) is 30.3 Å². The van der Waals surface area contributed by atoms with Crippen molar-refractivity contribution in [2.24, 2.45) is 0 Å². The summed E-state index contributed by atoms with van der Waals surface area (Å²) in [6.45, 7) is 2.40. The molecule has 0 radical (unpaired) electrons. The minimum Gasteiger partial charge on any atom is -0.322 e. The van der Waals surface area contributed by atoms with Gasteiger partial charge in [-0.25, -0.2) is 8.42 Å². The van der Waals surface area contributed by atoms with Crippen LogP contribution in [0.25, 0.3) is 0 Å². The molecule has 23 heavy (non-hydrogen) atoms. The van der Waals surface area contributed by atoms with Gasteiger partial charge in [0, 0.05) is 17.8 Å². The van der Waals surface area contributed by atoms with E-state index >= 15 is 0 Å². The maximum Gasteiger partial charge on any atom is 0.255 e. The topological polar surface area (TPSA) is 66.5 Å². The number of benzene rings is 2. The number of nitrogens with zero attached hydrogens (tertiary/aromatic N) is 1. The minimum atomic E-state index is -3.18. The number of hydrogen-bond acceptors (Lipinski definition) is 3. The van der Waals surface area contributed by atoms with Crippen molar-refractivity contribution in [1.29, 1.82) is 0 Å². The maximum absolute atomic E-state index is 12.3. The smallest absolute Gasteiger partial charge is 0.255 e. The molecule has 1 saturated heterocycles. The van der Waals surface area contributed by atoms with E-state index in [-0.39, 0.29) is 11.7 Å². The first-order valence-electron chi connectivity index (χ1n) is 7.45. The Kier molecular flexibility index (Phi) is 4.09. The molecule has 0 atom stereocenters. The second kappa shape index (κ2) is 6.04. The molecule has 1 fully saturated rings. The monoisotopic (exact) mass is 330 g/mol. The molecule has 6 heteroatoms. The van der Waals surface area contributed by atoms with Crippen molar-refractivity contribution in [3.63, 3.8) is 0 Å². The Morgan fingerprint density at radius 2 is 1.78 bits per heavy atom. The molecule has 2 aromatic rings. The van der Waals surface area contributed by atoms with Gasteiger partial charge in [-0.05, 0) is 49.2 Å². The number of anilines is 2. The quantitative estimate of drug-likeness (QED) is 0.941. The molecule has 1 amide bonds. The van der Waals surface area contributed by atoms with Crippen molar-refractivity contribution in [2.75, 3.05) is 21.9 Å². The second-order valence-corrected chi connectivity index (χ2v) is 7.57. The highest BCUT2D eigenvalue weighted by atomic mass is 32.2. The van der Waals surface area contributed by atoms with E-state index < -0.39 is 10.0 Å². The van der Waals surface area contributed by atoms with Gasteiger partial charge in [-0.15, -0.1) is 0 Å². The van der Waals surface area contributed by atoms with Crippen LogP contribution in [0.4, 0.5) is 11.4 Å². The van der Waals surface area contributed by atoms with Crippen LogP contribution in [0.2, 0.25) is 0 Å². The highest BCUT2D eigenvalue weighted by Crippen LogP contribution is 2.25. The van der Waals surface area contributed by atoms with Crippen LogP contribution in [0.3, 0.4) is 0 Å². The Bertz CT molecular complexity index is 829. The summed E-state index contributed by atoms with van der Waals surface area (Å²) in [6.07, 6.45) is 0.647. The fourth-order valence-electron chi connectivity index (χ4n) is 2.67. The molecule has 1 heterocycles. The normalized spacial score (nSPS) is 16.3. The van der Waals surface area contributed by atoms with Gasteiger partial charge in [-0.1, -0.05) is 18.2 Å². The van der Waals surface area contributed by atoms with Crippen LogP contribution in [-0.2, 0) is 10.0 Å². The van der Waals surface area contributed by atoms with Gasteiger partial charge in [0.05, 0.1) is 11.4 Å². The first kappa shape index (κ1) is 15.6. The molecule has 0 aromatic heterocycles. The predicted octanol–water partition coefficient (Wildman–Crippen LogP) is 2.79. The van der Waals surface area contributed by atoms with Crippen LogP contribution >= 0.6 is 0 Å². The summed E-state index contributed by atoms with van der Waals surface area (Å²) in [6, 6.07) is 14.2. The Hall–Kier alpha value is -2.34. The summed E-state index contributed by atoms with van der Waals surface area (Å²) in [5.74, 6) is 0.0170. The van der Waals surface area contributed by atoms with Gasteiger partial charge in [0.25, 0.3) is 5.91 Å². The number of rotatable bonds is 3. The van der Waals surface area contributed by atoms with E-state index in [2.05, 4.69) is 5.32 Å². The molecule has 0 saturated carbocycles. The van der Waals surface area contributed by atoms with E-state index in [9.17, 15) is 13.2 Å². The van der Waals surface area contributed by atoms with Crippen molar-refractivity contribution >= 4 is 27.3 Å². The number of carbonyl (C=O) groups excluding carboxylic acids is 1. The summed E-state index contributed by atoms with van der Waals surface area (Å²) in [5, 5.41) is 2.83. The highest BCUT2D eigenvalue weighted by molar-refractivity contribution is 7.93. The lowest BCUT2D eigenvalue weighted by Gasteiger charge is -2.17. The number of aryl methyl sites for hydroxylation is 1. The van der Waals surface area contributed by atoms with Gasteiger partial charge in [-0.3, -0.25) is 9.10 Å². The molecule has 3 rings (SSSR count). The standard InChI is InChI=1S/C17H18N2O3S/c1-13-5-2-3-6-16(13)17(20)18-14-7-9-15(10-8-14)19-11-4-12-23(19,21)22/h2-3,5-10H,4,11-12H2,1H3,(H,18,20). The fraction of sp³-hybridized carbons (Fsp3) is 0.235. The van der Waals surface area contributed by atoms with Crippen LogP contribution in [-0.4, -0.2) is 26.6 Å². The molecule has 0 bridgehead atoms. The van der Waals surface area contributed by atoms with Gasteiger partial charge in [0.15, 0.2) is 0 Å². The van der Waals surface area contributed by atoms with Gasteiger partial charge >= 0.3 is 0 Å². The van der Waals surface area contributed by atoms with Crippen molar-refractivity contribution in [3.8, 4) is 0 Å². The molecule has 0 unspecified atom stereocenters. The summed E-state index contributed by atoms with van der Waals surface area (Å²) in [7, 11) is -3.18. The van der Waals surface area contributed by atoms with Crippen LogP contribution < -0.4 is 9.62 Å². The van der Waals surface area contributed by atoms with E-state index in [4.69, 9.17) is 0 Å². The molecule has 1 aliphatic heterocycles. The van der Waals surface area contributed by atoms with Gasteiger partial charge in [0.1, 0.15) is 0 Å². The van der Waals surface area contributed by atoms with E-state index in [0.29, 0.717) is 29.9 Å². The zero-order valence-corrected chi connectivity index (χ0v) is 13.6. The zero-order chi connectivity index (χ0) is 16.4. The van der Waals surface area contributed by atoms with Gasteiger partial charge < -0.3 is 5.32 Å². The van der Waals surface area contributed by atoms with Crippen molar-refractivity contribution < 1.29 is 13.2 Å². The van der Waals surface area contributed by atoms with Crippen molar-refractivity contribution in [3.05, 3.63) is 59.7 Å². The lowest BCUT2D eigenvalue weighted by molar-refractivity contribution is 0.102. The number of carbonyl (C=O) groups is 1. The largest absolute Gasteiger partial charge is 0.322 e. The Labute approximate surface area is 136 Å². The molecular weight excluding hydrogens is 312 g/mol. The average molecular weight is 330 g/mol. The van der Waals surface area contributed by atoms with Gasteiger partial charge in [-0.2, -0.15) is 0 Å². The maximum atomic E-state index is 12.3. The summed E-state index contributed by atoms with van der Waals surface area (Å²) in [4.78, 5) is 12.3. The molecule has 2 aromatic carbocycles. The molecule has 1 aliphatic rings. The Balaban J connectivity index is 1.76. The number of hydrogen-bond donors (Lipinski definition) is 1.